The highest BCUT2D eigenvalue weighted by atomic mass is 16.8. The second-order valence-electron chi connectivity index (χ2n) is 21.5. The molecule has 17 unspecified atom stereocenters. The number of carbonyl (C=O) groups excluding carboxylic acids is 1. The van der Waals surface area contributed by atoms with E-state index in [0.29, 0.717) is 12.8 Å². The summed E-state index contributed by atoms with van der Waals surface area (Å²) in [5.41, 5.74) is 0. The summed E-state index contributed by atoms with van der Waals surface area (Å²) in [5.74, 6) is -0.257. The van der Waals surface area contributed by atoms with Crippen LogP contribution in [0.15, 0.2) is 24.3 Å². The van der Waals surface area contributed by atoms with Gasteiger partial charge in [-0.05, 0) is 44.9 Å². The minimum Gasteiger partial charge on any atom is -0.394 e. The van der Waals surface area contributed by atoms with Crippen LogP contribution < -0.4 is 5.32 Å². The van der Waals surface area contributed by atoms with E-state index >= 15 is 0 Å². The topological polar surface area (TPSA) is 307 Å². The first-order valence-electron chi connectivity index (χ1n) is 29.6. The van der Waals surface area contributed by atoms with Crippen LogP contribution in [0, 0.1) is 0 Å². The summed E-state index contributed by atoms with van der Waals surface area (Å²) in [5, 5.41) is 120. The Morgan fingerprint density at radius 1 is 0.474 bits per heavy atom. The fourth-order valence-electron chi connectivity index (χ4n) is 10.1. The molecule has 3 rings (SSSR count). The maximum absolute atomic E-state index is 13.3. The lowest BCUT2D eigenvalue weighted by molar-refractivity contribution is -0.379. The van der Waals surface area contributed by atoms with Gasteiger partial charge in [0, 0.05) is 6.42 Å². The number of ether oxygens (including phenoxy) is 6. The van der Waals surface area contributed by atoms with Gasteiger partial charge < -0.3 is 89.9 Å². The van der Waals surface area contributed by atoms with Crippen molar-refractivity contribution in [3.63, 3.8) is 0 Å². The van der Waals surface area contributed by atoms with Crippen molar-refractivity contribution in [2.45, 2.75) is 304 Å². The van der Waals surface area contributed by atoms with Gasteiger partial charge in [-0.3, -0.25) is 4.79 Å². The van der Waals surface area contributed by atoms with E-state index in [1.54, 1.807) is 0 Å². The summed E-state index contributed by atoms with van der Waals surface area (Å²) in [6.07, 6.45) is 14.0. The summed E-state index contributed by atoms with van der Waals surface area (Å²) < 4.78 is 34.3. The highest BCUT2D eigenvalue weighted by Gasteiger charge is 2.53. The number of amides is 1. The van der Waals surface area contributed by atoms with Crippen LogP contribution in [0.25, 0.3) is 0 Å². The molecule has 3 heterocycles. The standard InChI is InChI=1S/C57H105NO18/c1-3-5-7-9-11-13-15-17-19-21-23-25-27-29-31-33-35-45(63)58-40(41(62)34-32-30-28-26-24-22-20-18-16-14-12-10-8-6-4-2)39-71-55-51(69)48(66)53(43(37-60)73-55)76-57-52(70)49(67)54(44(38-61)74-57)75-56-50(68)47(65)46(64)42(36-59)72-56/h13,15,19,21,40-44,46-57,59-62,64-70H,3-12,14,16-18,20,22-39H2,1-2H3,(H,58,63)/b15-13-,21-19-. The molecule has 0 aromatic heterocycles. The lowest BCUT2D eigenvalue weighted by atomic mass is 9.96. The number of rotatable bonds is 43. The van der Waals surface area contributed by atoms with Crippen molar-refractivity contribution in [3.05, 3.63) is 24.3 Å². The molecule has 0 aliphatic carbocycles. The van der Waals surface area contributed by atoms with Gasteiger partial charge in [0.25, 0.3) is 0 Å². The number of allylic oxidation sites excluding steroid dienone is 4. The van der Waals surface area contributed by atoms with Crippen molar-refractivity contribution in [3.8, 4) is 0 Å². The van der Waals surface area contributed by atoms with Gasteiger partial charge in [0.05, 0.1) is 38.6 Å². The van der Waals surface area contributed by atoms with Gasteiger partial charge in [-0.25, -0.2) is 0 Å². The molecular weight excluding hydrogens is 987 g/mol. The van der Waals surface area contributed by atoms with Crippen LogP contribution in [-0.2, 0) is 33.2 Å². The molecule has 0 aromatic rings. The van der Waals surface area contributed by atoms with Gasteiger partial charge in [-0.1, -0.05) is 173 Å². The molecule has 76 heavy (non-hydrogen) atoms. The second-order valence-corrected chi connectivity index (χ2v) is 21.5. The maximum Gasteiger partial charge on any atom is 0.220 e. The van der Waals surface area contributed by atoms with Gasteiger partial charge >= 0.3 is 0 Å². The number of hydrogen-bond donors (Lipinski definition) is 12. The lowest BCUT2D eigenvalue weighted by Crippen LogP contribution is -2.66. The van der Waals surface area contributed by atoms with E-state index in [9.17, 15) is 61.0 Å². The summed E-state index contributed by atoms with van der Waals surface area (Å²) in [6.45, 7) is 1.75. The van der Waals surface area contributed by atoms with E-state index in [-0.39, 0.29) is 18.9 Å². The predicted octanol–water partition coefficient (Wildman–Crippen LogP) is 4.76. The average molecular weight is 1090 g/mol. The summed E-state index contributed by atoms with van der Waals surface area (Å²) >= 11 is 0. The van der Waals surface area contributed by atoms with E-state index in [1.165, 1.54) is 96.3 Å². The molecule has 3 aliphatic heterocycles. The maximum atomic E-state index is 13.3. The van der Waals surface area contributed by atoms with E-state index in [0.717, 1.165) is 70.6 Å². The van der Waals surface area contributed by atoms with Crippen LogP contribution in [0.2, 0.25) is 0 Å². The van der Waals surface area contributed by atoms with Crippen LogP contribution in [0.4, 0.5) is 0 Å². The van der Waals surface area contributed by atoms with Gasteiger partial charge in [-0.15, -0.1) is 0 Å². The zero-order valence-corrected chi connectivity index (χ0v) is 46.2. The van der Waals surface area contributed by atoms with Crippen molar-refractivity contribution >= 4 is 5.91 Å². The molecule has 3 aliphatic rings. The second kappa shape index (κ2) is 41.3. The molecular formula is C57H105NO18. The zero-order valence-electron chi connectivity index (χ0n) is 46.2. The molecule has 17 atom stereocenters. The Morgan fingerprint density at radius 3 is 1.36 bits per heavy atom. The zero-order chi connectivity index (χ0) is 55.5. The monoisotopic (exact) mass is 1090 g/mol. The number of hydrogen-bond acceptors (Lipinski definition) is 18. The van der Waals surface area contributed by atoms with E-state index in [1.807, 2.05) is 0 Å². The van der Waals surface area contributed by atoms with Crippen molar-refractivity contribution in [1.82, 2.24) is 5.32 Å². The highest BCUT2D eigenvalue weighted by Crippen LogP contribution is 2.33. The molecule has 0 spiro atoms. The average Bonchev–Trinajstić information content (AvgIpc) is 3.41. The first-order valence-corrected chi connectivity index (χ1v) is 29.6. The normalized spacial score (nSPS) is 31.1. The Morgan fingerprint density at radius 2 is 0.868 bits per heavy atom. The Balaban J connectivity index is 1.51. The van der Waals surface area contributed by atoms with Gasteiger partial charge in [0.1, 0.15) is 73.2 Å². The molecule has 12 N–H and O–H groups in total. The van der Waals surface area contributed by atoms with Crippen molar-refractivity contribution in [1.29, 1.82) is 0 Å². The molecule has 1 amide bonds. The van der Waals surface area contributed by atoms with Crippen molar-refractivity contribution in [2.75, 3.05) is 26.4 Å². The van der Waals surface area contributed by atoms with Crippen LogP contribution in [0.1, 0.15) is 200 Å². The largest absolute Gasteiger partial charge is 0.394 e. The van der Waals surface area contributed by atoms with Gasteiger partial charge in [0.2, 0.25) is 5.91 Å². The van der Waals surface area contributed by atoms with E-state index in [2.05, 4.69) is 43.5 Å². The van der Waals surface area contributed by atoms with Crippen LogP contribution >= 0.6 is 0 Å². The molecule has 0 aromatic carbocycles. The minimum absolute atomic E-state index is 0.251. The third-order valence-corrected chi connectivity index (χ3v) is 15.0. The molecule has 19 heteroatoms. The first kappa shape index (κ1) is 68.5. The molecule has 446 valence electrons. The van der Waals surface area contributed by atoms with E-state index < -0.39 is 124 Å². The van der Waals surface area contributed by atoms with Crippen molar-refractivity contribution < 1.29 is 89.4 Å². The third-order valence-electron chi connectivity index (χ3n) is 15.0. The SMILES string of the molecule is CCCCCC/C=C\C/C=C\CCCCCCCC(=O)NC(COC1OC(CO)C(OC2OC(CO)C(OC3OC(CO)C(O)C(O)C3O)C(O)C2O)C(O)C1O)C(O)CCCCCCCCCCCCCCCCC. The Hall–Kier alpha value is -1.73. The smallest absolute Gasteiger partial charge is 0.220 e. The Kier molecular flexibility index (Phi) is 37.2. The number of carbonyl (C=O) groups is 1. The predicted molar refractivity (Wildman–Crippen MR) is 286 cm³/mol. The number of unbranched alkanes of at least 4 members (excludes halogenated alkanes) is 23. The van der Waals surface area contributed by atoms with Gasteiger partial charge in [-0.2, -0.15) is 0 Å². The lowest BCUT2D eigenvalue weighted by Gasteiger charge is -2.48. The quantitative estimate of drug-likeness (QED) is 0.0289. The number of aliphatic hydroxyl groups excluding tert-OH is 11. The minimum atomic E-state index is -1.97. The summed E-state index contributed by atoms with van der Waals surface area (Å²) in [6, 6.07) is -0.892. The fourth-order valence-corrected chi connectivity index (χ4v) is 10.1. The first-order chi connectivity index (χ1) is 36.8. The van der Waals surface area contributed by atoms with E-state index in [4.69, 9.17) is 28.4 Å². The van der Waals surface area contributed by atoms with Gasteiger partial charge in [0.15, 0.2) is 18.9 Å². The third kappa shape index (κ3) is 25.4. The highest BCUT2D eigenvalue weighted by molar-refractivity contribution is 5.76. The summed E-state index contributed by atoms with van der Waals surface area (Å²) in [4.78, 5) is 13.3. The Bertz CT molecular complexity index is 1490. The summed E-state index contributed by atoms with van der Waals surface area (Å²) in [7, 11) is 0. The van der Waals surface area contributed by atoms with Crippen molar-refractivity contribution in [2.24, 2.45) is 0 Å². The molecule has 0 bridgehead atoms. The van der Waals surface area contributed by atoms with Crippen LogP contribution in [0.5, 0.6) is 0 Å². The van der Waals surface area contributed by atoms with Crippen LogP contribution in [-0.4, -0.2) is 193 Å². The fraction of sp³-hybridized carbons (Fsp3) is 0.912. The van der Waals surface area contributed by atoms with Crippen LogP contribution in [0.3, 0.4) is 0 Å². The molecule has 0 saturated carbocycles. The molecule has 0 radical (unpaired) electrons. The molecule has 3 saturated heterocycles. The Labute approximate surface area is 454 Å². The number of aliphatic hydroxyl groups is 11. The molecule has 19 nitrogen and oxygen atoms in total. The molecule has 3 fully saturated rings. The number of nitrogens with one attached hydrogen (secondary N) is 1.